The summed E-state index contributed by atoms with van der Waals surface area (Å²) in [5.74, 6) is 3.10. The zero-order valence-electron chi connectivity index (χ0n) is 18.0. The summed E-state index contributed by atoms with van der Waals surface area (Å²) in [6.07, 6.45) is 0. The fourth-order valence-electron chi connectivity index (χ4n) is 3.14. The Labute approximate surface area is 190 Å². The normalized spacial score (nSPS) is 13.0. The minimum Gasteiger partial charge on any atom is -0.493 e. The second kappa shape index (κ2) is 9.82. The van der Waals surface area contributed by atoms with E-state index < -0.39 is 5.25 Å². The standard InChI is InChI=1S/C22H24N4O5S/c1-4-26-20(12-29-17-8-6-5-7-16(17)28-3)24-25-22(26)32-14(2)21(27)23-15-9-10-18-19(11-15)31-13-30-18/h5-11,14H,4,12-13H2,1-3H3,(H,23,27). The highest BCUT2D eigenvalue weighted by atomic mass is 32.2. The molecular weight excluding hydrogens is 432 g/mol. The van der Waals surface area contributed by atoms with Crippen molar-refractivity contribution in [3.05, 3.63) is 48.3 Å². The van der Waals surface area contributed by atoms with Crippen molar-refractivity contribution in [2.24, 2.45) is 0 Å². The molecule has 0 fully saturated rings. The molecular formula is C22H24N4O5S. The molecule has 9 nitrogen and oxygen atoms in total. The van der Waals surface area contributed by atoms with Crippen LogP contribution in [-0.4, -0.2) is 39.8 Å². The molecule has 1 unspecified atom stereocenters. The molecule has 2 aromatic carbocycles. The monoisotopic (exact) mass is 456 g/mol. The highest BCUT2D eigenvalue weighted by Gasteiger charge is 2.21. The molecule has 1 atom stereocenters. The van der Waals surface area contributed by atoms with Crippen LogP contribution < -0.4 is 24.3 Å². The molecule has 1 aliphatic heterocycles. The third-order valence-electron chi connectivity index (χ3n) is 4.83. The van der Waals surface area contributed by atoms with Gasteiger partial charge in [0.2, 0.25) is 12.7 Å². The van der Waals surface area contributed by atoms with E-state index in [1.807, 2.05) is 42.7 Å². The van der Waals surface area contributed by atoms with Gasteiger partial charge >= 0.3 is 0 Å². The molecule has 0 saturated heterocycles. The maximum atomic E-state index is 12.7. The number of carbonyl (C=O) groups excluding carboxylic acids is 1. The molecule has 2 heterocycles. The van der Waals surface area contributed by atoms with Crippen LogP contribution >= 0.6 is 11.8 Å². The van der Waals surface area contributed by atoms with Gasteiger partial charge in [0.1, 0.15) is 6.61 Å². The Balaban J connectivity index is 1.39. The molecule has 0 radical (unpaired) electrons. The van der Waals surface area contributed by atoms with Crippen molar-refractivity contribution in [2.45, 2.75) is 37.4 Å². The van der Waals surface area contributed by atoms with Crippen LogP contribution in [0.25, 0.3) is 0 Å². The first-order chi connectivity index (χ1) is 15.6. The molecule has 3 aromatic rings. The number of ether oxygens (including phenoxy) is 4. The van der Waals surface area contributed by atoms with E-state index in [0.717, 1.165) is 0 Å². The summed E-state index contributed by atoms with van der Waals surface area (Å²) in [5, 5.41) is 11.7. The maximum absolute atomic E-state index is 12.7. The first kappa shape index (κ1) is 21.8. The molecule has 4 rings (SSSR count). The molecule has 1 aliphatic rings. The first-order valence-corrected chi connectivity index (χ1v) is 11.0. The maximum Gasteiger partial charge on any atom is 0.237 e. The Morgan fingerprint density at radius 1 is 1.19 bits per heavy atom. The third-order valence-corrected chi connectivity index (χ3v) is 5.91. The molecule has 0 saturated carbocycles. The topological polar surface area (TPSA) is 96.7 Å². The molecule has 0 aliphatic carbocycles. The summed E-state index contributed by atoms with van der Waals surface area (Å²) in [5.41, 5.74) is 0.648. The number of nitrogens with zero attached hydrogens (tertiary/aromatic N) is 3. The summed E-state index contributed by atoms with van der Waals surface area (Å²) >= 11 is 1.34. The van der Waals surface area contributed by atoms with Gasteiger partial charge in [-0.25, -0.2) is 0 Å². The van der Waals surface area contributed by atoms with Crippen LogP contribution in [0.5, 0.6) is 23.0 Å². The van der Waals surface area contributed by atoms with Gasteiger partial charge in [-0.3, -0.25) is 4.79 Å². The number of hydrogen-bond donors (Lipinski definition) is 1. The van der Waals surface area contributed by atoms with Crippen molar-refractivity contribution in [3.8, 4) is 23.0 Å². The van der Waals surface area contributed by atoms with Crippen LogP contribution in [0.15, 0.2) is 47.6 Å². The summed E-state index contributed by atoms with van der Waals surface area (Å²) in [4.78, 5) is 12.7. The van der Waals surface area contributed by atoms with E-state index in [4.69, 9.17) is 18.9 Å². The van der Waals surface area contributed by atoms with Crippen LogP contribution in [0.1, 0.15) is 19.7 Å². The Morgan fingerprint density at radius 3 is 2.75 bits per heavy atom. The van der Waals surface area contributed by atoms with Gasteiger partial charge in [0.05, 0.1) is 12.4 Å². The second-order valence-corrected chi connectivity index (χ2v) is 8.21. The number of benzene rings is 2. The predicted octanol–water partition coefficient (Wildman–Crippen LogP) is 3.73. The average molecular weight is 457 g/mol. The van der Waals surface area contributed by atoms with Gasteiger partial charge in [-0.15, -0.1) is 10.2 Å². The zero-order valence-corrected chi connectivity index (χ0v) is 18.8. The van der Waals surface area contributed by atoms with Gasteiger partial charge in [-0.05, 0) is 38.1 Å². The van der Waals surface area contributed by atoms with E-state index in [-0.39, 0.29) is 19.3 Å². The number of rotatable bonds is 9. The van der Waals surface area contributed by atoms with E-state index in [1.54, 1.807) is 25.3 Å². The number of aromatic nitrogens is 3. The van der Waals surface area contributed by atoms with Crippen molar-refractivity contribution >= 4 is 23.4 Å². The van der Waals surface area contributed by atoms with E-state index in [2.05, 4.69) is 15.5 Å². The number of amides is 1. The summed E-state index contributed by atoms with van der Waals surface area (Å²) in [6, 6.07) is 12.7. The van der Waals surface area contributed by atoms with Crippen LogP contribution in [0.3, 0.4) is 0 Å². The van der Waals surface area contributed by atoms with E-state index in [9.17, 15) is 4.79 Å². The van der Waals surface area contributed by atoms with E-state index in [0.29, 0.717) is 46.2 Å². The van der Waals surface area contributed by atoms with Gasteiger partial charge in [0, 0.05) is 18.3 Å². The SMILES string of the molecule is CCn1c(COc2ccccc2OC)nnc1SC(C)C(=O)Nc1ccc2c(c1)OCO2. The fraction of sp³-hybridized carbons (Fsp3) is 0.318. The Morgan fingerprint density at radius 2 is 1.97 bits per heavy atom. The molecule has 1 N–H and O–H groups in total. The lowest BCUT2D eigenvalue weighted by atomic mass is 10.2. The van der Waals surface area contributed by atoms with Gasteiger partial charge < -0.3 is 28.8 Å². The zero-order chi connectivity index (χ0) is 22.5. The number of para-hydroxylation sites is 2. The lowest BCUT2D eigenvalue weighted by Crippen LogP contribution is -2.23. The summed E-state index contributed by atoms with van der Waals surface area (Å²) in [6.45, 7) is 4.90. The van der Waals surface area contributed by atoms with E-state index in [1.165, 1.54) is 11.8 Å². The number of anilines is 1. The van der Waals surface area contributed by atoms with Crippen molar-refractivity contribution < 1.29 is 23.7 Å². The number of thioether (sulfide) groups is 1. The van der Waals surface area contributed by atoms with Crippen LogP contribution in [0.2, 0.25) is 0 Å². The highest BCUT2D eigenvalue weighted by molar-refractivity contribution is 8.00. The van der Waals surface area contributed by atoms with Crippen molar-refractivity contribution in [1.82, 2.24) is 14.8 Å². The predicted molar refractivity (Wildman–Crippen MR) is 120 cm³/mol. The van der Waals surface area contributed by atoms with Gasteiger partial charge in [0.15, 0.2) is 34.0 Å². The molecule has 1 amide bonds. The smallest absolute Gasteiger partial charge is 0.237 e. The number of carbonyl (C=O) groups is 1. The summed E-state index contributed by atoms with van der Waals surface area (Å²) < 4.78 is 23.8. The highest BCUT2D eigenvalue weighted by Crippen LogP contribution is 2.34. The van der Waals surface area contributed by atoms with Crippen LogP contribution in [-0.2, 0) is 17.9 Å². The average Bonchev–Trinajstić information content (AvgIpc) is 3.43. The van der Waals surface area contributed by atoms with Crippen molar-refractivity contribution in [2.75, 3.05) is 19.2 Å². The van der Waals surface area contributed by atoms with E-state index >= 15 is 0 Å². The Kier molecular flexibility index (Phi) is 6.69. The largest absolute Gasteiger partial charge is 0.493 e. The van der Waals surface area contributed by atoms with Gasteiger partial charge in [-0.1, -0.05) is 23.9 Å². The lowest BCUT2D eigenvalue weighted by molar-refractivity contribution is -0.115. The minimum atomic E-state index is -0.391. The second-order valence-electron chi connectivity index (χ2n) is 6.90. The fourth-order valence-corrected chi connectivity index (χ4v) is 4.07. The molecule has 0 bridgehead atoms. The van der Waals surface area contributed by atoms with Crippen molar-refractivity contribution in [3.63, 3.8) is 0 Å². The van der Waals surface area contributed by atoms with Gasteiger partial charge in [-0.2, -0.15) is 0 Å². The molecule has 0 spiro atoms. The first-order valence-electron chi connectivity index (χ1n) is 10.1. The Bertz CT molecular complexity index is 1100. The third kappa shape index (κ3) is 4.75. The van der Waals surface area contributed by atoms with Crippen LogP contribution in [0, 0.1) is 0 Å². The van der Waals surface area contributed by atoms with Crippen LogP contribution in [0.4, 0.5) is 5.69 Å². The molecule has 1 aromatic heterocycles. The van der Waals surface area contributed by atoms with Crippen molar-refractivity contribution in [1.29, 1.82) is 0 Å². The minimum absolute atomic E-state index is 0.147. The molecule has 168 valence electrons. The number of fused-ring (bicyclic) bond motifs is 1. The number of nitrogens with one attached hydrogen (secondary N) is 1. The summed E-state index contributed by atoms with van der Waals surface area (Å²) in [7, 11) is 1.60. The number of hydrogen-bond acceptors (Lipinski definition) is 8. The quantitative estimate of drug-likeness (QED) is 0.487. The number of methoxy groups -OCH3 is 1. The lowest BCUT2D eigenvalue weighted by Gasteiger charge is -2.13. The Hall–Kier alpha value is -3.40. The van der Waals surface area contributed by atoms with Gasteiger partial charge in [0.25, 0.3) is 0 Å². The molecule has 10 heteroatoms. The molecule has 32 heavy (non-hydrogen) atoms.